The zero-order valence-corrected chi connectivity index (χ0v) is 16.1. The number of benzene rings is 2. The molecule has 3 rings (SSSR count). The second-order valence-electron chi connectivity index (χ2n) is 4.60. The molecular formula is C17H15IO3S2. The van der Waals surface area contributed by atoms with E-state index in [0.717, 1.165) is 5.56 Å². The number of rotatable bonds is 3. The molecule has 2 aromatic carbocycles. The summed E-state index contributed by atoms with van der Waals surface area (Å²) in [5.74, 6) is 0. The summed E-state index contributed by atoms with van der Waals surface area (Å²) in [5.41, 5.74) is 0.928. The third kappa shape index (κ3) is 6.42. The van der Waals surface area contributed by atoms with Crippen LogP contribution in [0.25, 0.3) is 0 Å². The summed E-state index contributed by atoms with van der Waals surface area (Å²) in [4.78, 5) is -0.178. The molecule has 0 radical (unpaired) electrons. The molecule has 1 aromatic heterocycles. The van der Waals surface area contributed by atoms with E-state index >= 15 is 0 Å². The number of hydrogen-bond acceptors (Lipinski definition) is 4. The lowest BCUT2D eigenvalue weighted by Crippen LogP contribution is -3.61. The molecule has 0 unspecified atom stereocenters. The van der Waals surface area contributed by atoms with Gasteiger partial charge in [-0.3, -0.25) is 0 Å². The Hall–Kier alpha value is -1.22. The Morgan fingerprint density at radius 2 is 1.57 bits per heavy atom. The van der Waals surface area contributed by atoms with Crippen molar-refractivity contribution >= 4 is 21.5 Å². The van der Waals surface area contributed by atoms with Gasteiger partial charge in [0.25, 0.3) is 0 Å². The summed E-state index contributed by atoms with van der Waals surface area (Å²) in [6.07, 6.45) is 0. The average Bonchev–Trinajstić information content (AvgIpc) is 3.01. The fraction of sp³-hybridized carbons (Fsp3) is 0.0588. The average molecular weight is 458 g/mol. The lowest BCUT2D eigenvalue weighted by Gasteiger charge is -2.05. The van der Waals surface area contributed by atoms with E-state index in [4.69, 9.17) is 0 Å². The van der Waals surface area contributed by atoms with Crippen LogP contribution in [0.15, 0.2) is 76.3 Å². The Kier molecular flexibility index (Phi) is 6.76. The maximum Gasteiger partial charge on any atom is 0.358 e. The van der Waals surface area contributed by atoms with Crippen LogP contribution >= 0.6 is 11.3 Å². The molecule has 0 aliphatic rings. The van der Waals surface area contributed by atoms with Crippen LogP contribution in [0.4, 0.5) is 0 Å². The molecule has 0 saturated heterocycles. The molecule has 0 saturated carbocycles. The predicted molar refractivity (Wildman–Crippen MR) is 87.3 cm³/mol. The summed E-state index contributed by atoms with van der Waals surface area (Å²) in [7, 11) is -4.27. The van der Waals surface area contributed by atoms with E-state index in [0.29, 0.717) is 0 Å². The van der Waals surface area contributed by atoms with Gasteiger partial charge in [-0.25, -0.2) is 8.42 Å². The SMILES string of the molecule is Cc1ccc(S(=O)(=O)[O-])cc1.c1ccc([I+]c2ccsc2)cc1. The summed E-state index contributed by atoms with van der Waals surface area (Å²) in [5, 5.41) is 4.40. The van der Waals surface area contributed by atoms with Gasteiger partial charge in [-0.05, 0) is 36.6 Å². The molecule has 0 aliphatic carbocycles. The van der Waals surface area contributed by atoms with Gasteiger partial charge in [0.05, 0.1) is 4.90 Å². The van der Waals surface area contributed by atoms with Gasteiger partial charge in [-0.1, -0.05) is 35.9 Å². The standard InChI is InChI=1S/C10H8IS.C7H8O3S/c1-2-4-9(5-3-1)11-10-6-7-12-8-10;1-6-2-4-7(5-3-6)11(8,9)10/h1-8H;2-5H,1H3,(H,8,9,10)/q+1;/p-1. The van der Waals surface area contributed by atoms with Crippen molar-refractivity contribution < 1.29 is 34.2 Å². The van der Waals surface area contributed by atoms with Gasteiger partial charge >= 0.3 is 21.2 Å². The van der Waals surface area contributed by atoms with Gasteiger partial charge < -0.3 is 4.55 Å². The van der Waals surface area contributed by atoms with Crippen LogP contribution in [-0.4, -0.2) is 13.0 Å². The van der Waals surface area contributed by atoms with Crippen molar-refractivity contribution in [1.82, 2.24) is 0 Å². The zero-order valence-electron chi connectivity index (χ0n) is 12.3. The fourth-order valence-corrected chi connectivity index (χ4v) is 5.56. The van der Waals surface area contributed by atoms with E-state index in [1.165, 1.54) is 19.3 Å². The highest BCUT2D eigenvalue weighted by Crippen LogP contribution is 2.08. The van der Waals surface area contributed by atoms with Crippen LogP contribution < -0.4 is 21.2 Å². The molecule has 0 amide bonds. The minimum absolute atomic E-state index is 0.0767. The predicted octanol–water partition coefficient (Wildman–Crippen LogP) is 0.776. The Morgan fingerprint density at radius 3 is 2.09 bits per heavy atom. The Bertz CT molecular complexity index is 812. The molecule has 1 heterocycles. The number of aryl methyl sites for hydroxylation is 1. The van der Waals surface area contributed by atoms with Crippen molar-refractivity contribution in [3.63, 3.8) is 0 Å². The van der Waals surface area contributed by atoms with E-state index in [1.807, 2.05) is 6.92 Å². The summed E-state index contributed by atoms with van der Waals surface area (Å²) >= 11 is 1.86. The van der Waals surface area contributed by atoms with Gasteiger partial charge in [-0.15, -0.1) is 11.3 Å². The second-order valence-corrected chi connectivity index (χ2v) is 9.79. The molecule has 0 fully saturated rings. The Labute approximate surface area is 151 Å². The lowest BCUT2D eigenvalue weighted by molar-refractivity contribution is -0.597. The van der Waals surface area contributed by atoms with E-state index in [2.05, 4.69) is 47.2 Å². The monoisotopic (exact) mass is 458 g/mol. The molecule has 0 spiro atoms. The van der Waals surface area contributed by atoms with Gasteiger partial charge in [0.15, 0.2) is 3.57 Å². The summed E-state index contributed by atoms with van der Waals surface area (Å²) in [6, 6.07) is 18.7. The second kappa shape index (κ2) is 8.58. The van der Waals surface area contributed by atoms with Crippen LogP contribution in [-0.2, 0) is 10.1 Å². The third-order valence-corrected chi connectivity index (χ3v) is 7.34. The van der Waals surface area contributed by atoms with E-state index < -0.39 is 10.1 Å². The number of thiophene rings is 1. The number of hydrogen-bond donors (Lipinski definition) is 0. The first-order chi connectivity index (χ1) is 10.9. The van der Waals surface area contributed by atoms with Crippen LogP contribution in [0.5, 0.6) is 0 Å². The van der Waals surface area contributed by atoms with Crippen LogP contribution in [0.3, 0.4) is 0 Å². The van der Waals surface area contributed by atoms with Gasteiger partial charge in [0.2, 0.25) is 3.57 Å². The van der Waals surface area contributed by atoms with Crippen molar-refractivity contribution in [2.24, 2.45) is 0 Å². The maximum absolute atomic E-state index is 10.4. The van der Waals surface area contributed by atoms with E-state index in [9.17, 15) is 13.0 Å². The minimum atomic E-state index is -4.27. The maximum atomic E-state index is 10.4. The van der Waals surface area contributed by atoms with Crippen molar-refractivity contribution in [3.8, 4) is 0 Å². The molecular weight excluding hydrogens is 443 g/mol. The quantitative estimate of drug-likeness (QED) is 0.431. The topological polar surface area (TPSA) is 57.2 Å². The molecule has 3 aromatic rings. The molecule has 3 nitrogen and oxygen atoms in total. The Morgan fingerprint density at radius 1 is 0.913 bits per heavy atom. The molecule has 0 atom stereocenters. The fourth-order valence-electron chi connectivity index (χ4n) is 1.61. The highest BCUT2D eigenvalue weighted by molar-refractivity contribution is 7.85. The molecule has 0 bridgehead atoms. The van der Waals surface area contributed by atoms with Crippen LogP contribution in [0.2, 0.25) is 0 Å². The van der Waals surface area contributed by atoms with Crippen molar-refractivity contribution in [1.29, 1.82) is 0 Å². The molecule has 0 aliphatic heterocycles. The van der Waals surface area contributed by atoms with Gasteiger partial charge in [-0.2, -0.15) is 0 Å². The van der Waals surface area contributed by atoms with Crippen LogP contribution in [0, 0.1) is 14.1 Å². The lowest BCUT2D eigenvalue weighted by atomic mass is 10.2. The first-order valence-corrected chi connectivity index (χ1v) is 11.2. The molecule has 23 heavy (non-hydrogen) atoms. The minimum Gasteiger partial charge on any atom is -0.744 e. The van der Waals surface area contributed by atoms with E-state index in [-0.39, 0.29) is 26.1 Å². The smallest absolute Gasteiger partial charge is 0.358 e. The highest BCUT2D eigenvalue weighted by Gasteiger charge is 2.13. The first-order valence-electron chi connectivity index (χ1n) is 6.70. The highest BCUT2D eigenvalue weighted by atomic mass is 127. The van der Waals surface area contributed by atoms with Gasteiger partial charge in [0, 0.05) is 11.4 Å². The first kappa shape index (κ1) is 18.1. The Balaban J connectivity index is 0.000000168. The molecule has 0 N–H and O–H groups in total. The number of halogens is 1. The summed E-state index contributed by atoms with van der Waals surface area (Å²) < 4.78 is 34.2. The van der Waals surface area contributed by atoms with Crippen molar-refractivity contribution in [2.75, 3.05) is 0 Å². The van der Waals surface area contributed by atoms with Gasteiger partial charge in [0.1, 0.15) is 10.1 Å². The molecule has 6 heteroatoms. The van der Waals surface area contributed by atoms with Crippen molar-refractivity contribution in [3.05, 3.63) is 84.1 Å². The van der Waals surface area contributed by atoms with E-state index in [1.54, 1.807) is 23.5 Å². The van der Waals surface area contributed by atoms with Crippen molar-refractivity contribution in [2.45, 2.75) is 11.8 Å². The largest absolute Gasteiger partial charge is 0.744 e. The van der Waals surface area contributed by atoms with Crippen LogP contribution in [0.1, 0.15) is 5.56 Å². The summed E-state index contributed by atoms with van der Waals surface area (Å²) in [6.45, 7) is 1.82. The molecule has 120 valence electrons. The third-order valence-electron chi connectivity index (χ3n) is 2.75. The normalized spacial score (nSPS) is 10.7. The zero-order chi connectivity index (χ0) is 16.7.